The van der Waals surface area contributed by atoms with E-state index in [1.54, 1.807) is 7.11 Å². The van der Waals surface area contributed by atoms with Crippen LogP contribution < -0.4 is 5.32 Å². The number of amides is 2. The van der Waals surface area contributed by atoms with E-state index in [1.165, 1.54) is 0 Å². The lowest BCUT2D eigenvalue weighted by Crippen LogP contribution is -2.48. The summed E-state index contributed by atoms with van der Waals surface area (Å²) in [6.45, 7) is 2.32. The number of urea groups is 1. The molecule has 2 heterocycles. The van der Waals surface area contributed by atoms with Gasteiger partial charge in [0.15, 0.2) is 0 Å². The zero-order valence-corrected chi connectivity index (χ0v) is 16.1. The monoisotopic (exact) mass is 370 g/mol. The van der Waals surface area contributed by atoms with Crippen LogP contribution >= 0.6 is 0 Å². The van der Waals surface area contributed by atoms with E-state index in [1.807, 2.05) is 17.0 Å². The fraction of sp³-hybridized carbons (Fsp3) is 0.619. The molecule has 2 aromatic rings. The Morgan fingerprint density at radius 2 is 2.07 bits per heavy atom. The van der Waals surface area contributed by atoms with Crippen LogP contribution in [0.4, 0.5) is 4.79 Å². The van der Waals surface area contributed by atoms with Crippen molar-refractivity contribution in [3.8, 4) is 0 Å². The second-order valence-electron chi connectivity index (χ2n) is 7.99. The van der Waals surface area contributed by atoms with E-state index >= 15 is 0 Å². The van der Waals surface area contributed by atoms with Gasteiger partial charge in [-0.3, -0.25) is 0 Å². The van der Waals surface area contributed by atoms with Crippen molar-refractivity contribution in [1.29, 1.82) is 0 Å². The molecule has 2 amide bonds. The molecule has 6 heteroatoms. The molecule has 1 saturated heterocycles. The Kier molecular flexibility index (Phi) is 5.62. The van der Waals surface area contributed by atoms with Gasteiger partial charge in [-0.25, -0.2) is 9.78 Å². The number of aromatic amines is 1. The summed E-state index contributed by atoms with van der Waals surface area (Å²) in [5.74, 6) is 2.20. The highest BCUT2D eigenvalue weighted by atomic mass is 16.5. The molecule has 2 aliphatic rings. The van der Waals surface area contributed by atoms with Gasteiger partial charge < -0.3 is 19.9 Å². The van der Waals surface area contributed by atoms with E-state index in [0.29, 0.717) is 18.4 Å². The number of hydrogen-bond acceptors (Lipinski definition) is 3. The van der Waals surface area contributed by atoms with Crippen LogP contribution in [0.3, 0.4) is 0 Å². The fourth-order valence-corrected chi connectivity index (χ4v) is 4.46. The number of carbonyl (C=O) groups is 1. The largest absolute Gasteiger partial charge is 0.380 e. The van der Waals surface area contributed by atoms with Crippen LogP contribution in [0.2, 0.25) is 0 Å². The first-order chi connectivity index (χ1) is 13.2. The highest BCUT2D eigenvalue weighted by Crippen LogP contribution is 2.35. The predicted octanol–water partition coefficient (Wildman–Crippen LogP) is 3.66. The maximum Gasteiger partial charge on any atom is 0.317 e. The predicted molar refractivity (Wildman–Crippen MR) is 106 cm³/mol. The number of imidazole rings is 1. The Morgan fingerprint density at radius 1 is 1.26 bits per heavy atom. The van der Waals surface area contributed by atoms with Crippen molar-refractivity contribution < 1.29 is 9.53 Å². The second-order valence-corrected chi connectivity index (χ2v) is 7.99. The molecule has 1 aliphatic carbocycles. The van der Waals surface area contributed by atoms with Crippen molar-refractivity contribution in [3.05, 3.63) is 30.1 Å². The lowest BCUT2D eigenvalue weighted by Gasteiger charge is -2.33. The molecule has 2 fully saturated rings. The first kappa shape index (κ1) is 18.3. The maximum atomic E-state index is 12.4. The van der Waals surface area contributed by atoms with Gasteiger partial charge in [0.2, 0.25) is 0 Å². The third kappa shape index (κ3) is 4.26. The van der Waals surface area contributed by atoms with Crippen LogP contribution in [-0.4, -0.2) is 53.7 Å². The molecule has 1 atom stereocenters. The van der Waals surface area contributed by atoms with Crippen molar-refractivity contribution in [2.45, 2.75) is 50.5 Å². The number of rotatable bonds is 4. The summed E-state index contributed by atoms with van der Waals surface area (Å²) < 4.78 is 5.41. The van der Waals surface area contributed by atoms with Crippen molar-refractivity contribution in [2.75, 3.05) is 26.7 Å². The molecular formula is C21H30N4O2. The number of nitrogens with zero attached hydrogens (tertiary/aromatic N) is 2. The van der Waals surface area contributed by atoms with Gasteiger partial charge in [0.25, 0.3) is 0 Å². The van der Waals surface area contributed by atoms with Gasteiger partial charge in [0.05, 0.1) is 17.1 Å². The Hall–Kier alpha value is -2.08. The average Bonchev–Trinajstić information content (AvgIpc) is 3.16. The maximum absolute atomic E-state index is 12.4. The lowest BCUT2D eigenvalue weighted by atomic mass is 9.81. The van der Waals surface area contributed by atoms with Gasteiger partial charge in [-0.15, -0.1) is 0 Å². The molecule has 2 N–H and O–H groups in total. The van der Waals surface area contributed by atoms with E-state index in [4.69, 9.17) is 9.72 Å². The van der Waals surface area contributed by atoms with Crippen molar-refractivity contribution in [3.63, 3.8) is 0 Å². The van der Waals surface area contributed by atoms with Crippen LogP contribution in [-0.2, 0) is 4.74 Å². The van der Waals surface area contributed by atoms with Gasteiger partial charge >= 0.3 is 6.03 Å². The molecule has 146 valence electrons. The Bertz CT molecular complexity index is 733. The van der Waals surface area contributed by atoms with Crippen LogP contribution in [0.5, 0.6) is 0 Å². The van der Waals surface area contributed by atoms with E-state index in [0.717, 1.165) is 68.5 Å². The normalized spacial score (nSPS) is 26.3. The molecule has 1 saturated carbocycles. The van der Waals surface area contributed by atoms with Gasteiger partial charge in [0.1, 0.15) is 5.82 Å². The van der Waals surface area contributed by atoms with E-state index < -0.39 is 0 Å². The molecule has 1 aromatic heterocycles. The second kappa shape index (κ2) is 8.30. The summed E-state index contributed by atoms with van der Waals surface area (Å²) in [6, 6.07) is 8.29. The number of piperidine rings is 1. The summed E-state index contributed by atoms with van der Waals surface area (Å²) >= 11 is 0. The Morgan fingerprint density at radius 3 is 2.85 bits per heavy atom. The quantitative estimate of drug-likeness (QED) is 0.863. The van der Waals surface area contributed by atoms with Gasteiger partial charge in [-0.1, -0.05) is 12.1 Å². The third-order valence-electron chi connectivity index (χ3n) is 6.18. The molecule has 27 heavy (non-hydrogen) atoms. The minimum Gasteiger partial charge on any atom is -0.380 e. The summed E-state index contributed by atoms with van der Waals surface area (Å²) in [6.07, 6.45) is 6.81. The van der Waals surface area contributed by atoms with E-state index in [9.17, 15) is 4.79 Å². The Balaban J connectivity index is 1.24. The van der Waals surface area contributed by atoms with E-state index in [2.05, 4.69) is 22.4 Å². The number of benzene rings is 1. The zero-order valence-electron chi connectivity index (χ0n) is 16.1. The number of para-hydroxylation sites is 2. The standard InChI is InChI=1S/C21H30N4O2/c1-27-17-5-4-12-25(14-17)21(26)22-13-15-8-10-16(11-9-15)20-23-18-6-2-3-7-19(18)24-20/h2-3,6-7,15-17H,4-5,8-14H2,1H3,(H,22,26)(H,23,24)/t15?,16?,17-/m0/s1. The van der Waals surface area contributed by atoms with Crippen LogP contribution in [0.25, 0.3) is 11.0 Å². The number of fused-ring (bicyclic) bond motifs is 1. The number of ether oxygens (including phenoxy) is 1. The minimum absolute atomic E-state index is 0.0659. The number of H-pyrrole nitrogens is 1. The summed E-state index contributed by atoms with van der Waals surface area (Å²) in [5.41, 5.74) is 2.18. The Labute approximate surface area is 160 Å². The molecular weight excluding hydrogens is 340 g/mol. The first-order valence-electron chi connectivity index (χ1n) is 10.2. The SMILES string of the molecule is CO[C@H]1CCCN(C(=O)NCC2CCC(c3nc4ccccc4[nH]3)CC2)C1. The molecule has 1 aromatic carbocycles. The summed E-state index contributed by atoms with van der Waals surface area (Å²) in [7, 11) is 1.73. The molecule has 1 aliphatic heterocycles. The highest BCUT2D eigenvalue weighted by molar-refractivity contribution is 5.75. The summed E-state index contributed by atoms with van der Waals surface area (Å²) in [5, 5.41) is 3.15. The van der Waals surface area contributed by atoms with Gasteiger partial charge in [-0.05, 0) is 56.6 Å². The van der Waals surface area contributed by atoms with Crippen molar-refractivity contribution in [2.24, 2.45) is 5.92 Å². The average molecular weight is 370 g/mol. The third-order valence-corrected chi connectivity index (χ3v) is 6.18. The molecule has 0 unspecified atom stereocenters. The number of hydrogen-bond donors (Lipinski definition) is 2. The van der Waals surface area contributed by atoms with Crippen LogP contribution in [0, 0.1) is 5.92 Å². The number of aromatic nitrogens is 2. The lowest BCUT2D eigenvalue weighted by molar-refractivity contribution is 0.0432. The molecule has 0 spiro atoms. The molecule has 0 radical (unpaired) electrons. The summed E-state index contributed by atoms with van der Waals surface area (Å²) in [4.78, 5) is 22.6. The van der Waals surface area contributed by atoms with E-state index in [-0.39, 0.29) is 12.1 Å². The molecule has 0 bridgehead atoms. The van der Waals surface area contributed by atoms with Gasteiger partial charge in [-0.2, -0.15) is 0 Å². The number of likely N-dealkylation sites (tertiary alicyclic amines) is 1. The number of carbonyl (C=O) groups excluding carboxylic acids is 1. The minimum atomic E-state index is 0.0659. The first-order valence-corrected chi connectivity index (χ1v) is 10.2. The smallest absolute Gasteiger partial charge is 0.317 e. The van der Waals surface area contributed by atoms with Gasteiger partial charge in [0, 0.05) is 32.7 Å². The number of nitrogens with one attached hydrogen (secondary N) is 2. The van der Waals surface area contributed by atoms with Crippen molar-refractivity contribution in [1.82, 2.24) is 20.2 Å². The van der Waals surface area contributed by atoms with Crippen molar-refractivity contribution >= 4 is 17.1 Å². The fourth-order valence-electron chi connectivity index (χ4n) is 4.46. The number of methoxy groups -OCH3 is 1. The van der Waals surface area contributed by atoms with Crippen LogP contribution in [0.1, 0.15) is 50.3 Å². The topological polar surface area (TPSA) is 70.2 Å². The molecule has 4 rings (SSSR count). The van der Waals surface area contributed by atoms with Crippen LogP contribution in [0.15, 0.2) is 24.3 Å². The zero-order chi connectivity index (χ0) is 18.6. The molecule has 6 nitrogen and oxygen atoms in total. The highest BCUT2D eigenvalue weighted by Gasteiger charge is 2.27.